The summed E-state index contributed by atoms with van der Waals surface area (Å²) in [5.74, 6) is 4.95. The van der Waals surface area contributed by atoms with Gasteiger partial charge in [-0.3, -0.25) is 5.43 Å². The van der Waals surface area contributed by atoms with Gasteiger partial charge in [-0.15, -0.1) is 0 Å². The fraction of sp³-hybridized carbons (Fsp3) is 0.571. The average Bonchev–Trinajstić information content (AvgIpc) is 2.61. The molecule has 3 N–H and O–H groups in total. The molecule has 0 saturated carbocycles. The molecule has 0 aliphatic carbocycles. The van der Waals surface area contributed by atoms with Crippen LogP contribution in [-0.2, 0) is 11.3 Å². The van der Waals surface area contributed by atoms with Crippen molar-refractivity contribution in [2.75, 3.05) is 5.43 Å². The van der Waals surface area contributed by atoms with Gasteiger partial charge in [0.25, 0.3) is 0 Å². The van der Waals surface area contributed by atoms with Crippen LogP contribution in [0.2, 0.25) is 0 Å². The van der Waals surface area contributed by atoms with Crippen molar-refractivity contribution in [1.29, 1.82) is 0 Å². The van der Waals surface area contributed by atoms with E-state index in [0.29, 0.717) is 0 Å². The van der Waals surface area contributed by atoms with Crippen molar-refractivity contribution < 1.29 is 31.1 Å². The van der Waals surface area contributed by atoms with Crippen molar-refractivity contribution in [3.8, 4) is 0 Å². The van der Waals surface area contributed by atoms with Crippen LogP contribution in [0.3, 0.4) is 0 Å². The number of nitrogens with one attached hydrogen (secondary N) is 1. The van der Waals surface area contributed by atoms with Gasteiger partial charge >= 0.3 is 12.4 Å². The number of alkyl halides is 6. The predicted molar refractivity (Wildman–Crippen MR) is 50.6 cm³/mol. The number of ether oxygens (including phenoxy) is 1. The molecule has 104 valence electrons. The first-order valence-corrected chi connectivity index (χ1v) is 5.12. The van der Waals surface area contributed by atoms with Gasteiger partial charge < -0.3 is 4.74 Å². The van der Waals surface area contributed by atoms with E-state index in [2.05, 4.69) is 15.1 Å². The number of nitrogens with two attached hydrogens (primary N) is 1. The lowest BCUT2D eigenvalue weighted by Crippen LogP contribution is -2.44. The van der Waals surface area contributed by atoms with Crippen LogP contribution in [0.5, 0.6) is 0 Å². The maximum atomic E-state index is 12.1. The number of aromatic nitrogens is 1. The fourth-order valence-corrected chi connectivity index (χ4v) is 1.63. The van der Waals surface area contributed by atoms with Crippen LogP contribution in [0.15, 0.2) is 6.20 Å². The Hall–Kier alpha value is -1.07. The molecule has 1 heterocycles. The summed E-state index contributed by atoms with van der Waals surface area (Å²) in [4.78, 5) is 3.66. The Balaban J connectivity index is 2.68. The first kappa shape index (κ1) is 15.0. The lowest BCUT2D eigenvalue weighted by Gasteiger charge is -2.22. The smallest absolute Gasteiger partial charge is 0.355 e. The molecule has 18 heavy (non-hydrogen) atoms. The normalized spacial score (nSPS) is 13.1. The van der Waals surface area contributed by atoms with Crippen molar-refractivity contribution >= 4 is 16.5 Å². The van der Waals surface area contributed by atoms with E-state index in [4.69, 9.17) is 5.84 Å². The zero-order valence-electron chi connectivity index (χ0n) is 8.47. The summed E-state index contributed by atoms with van der Waals surface area (Å²) in [6.45, 7) is -0.858. The number of thiazole rings is 1. The summed E-state index contributed by atoms with van der Waals surface area (Å²) in [5.41, 5.74) is 2.10. The topological polar surface area (TPSA) is 60.2 Å². The fourth-order valence-electron chi connectivity index (χ4n) is 0.981. The third kappa shape index (κ3) is 3.99. The van der Waals surface area contributed by atoms with Crippen LogP contribution in [0, 0.1) is 0 Å². The maximum Gasteiger partial charge on any atom is 0.423 e. The molecule has 0 aliphatic heterocycles. The first-order valence-electron chi connectivity index (χ1n) is 4.31. The Bertz CT molecular complexity index is 375. The highest BCUT2D eigenvalue weighted by Crippen LogP contribution is 2.36. The summed E-state index contributed by atoms with van der Waals surface area (Å²) >= 11 is 0.789. The Labute approximate surface area is 101 Å². The molecule has 1 aromatic heterocycles. The molecular formula is C7H7F6N3OS. The lowest BCUT2D eigenvalue weighted by molar-refractivity contribution is -0.324. The molecule has 0 bridgehead atoms. The van der Waals surface area contributed by atoms with E-state index in [1.807, 2.05) is 0 Å². The zero-order chi connectivity index (χ0) is 14.0. The number of halogens is 6. The minimum absolute atomic E-state index is 0.0847. The summed E-state index contributed by atoms with van der Waals surface area (Å²) < 4.78 is 76.5. The van der Waals surface area contributed by atoms with E-state index in [0.717, 1.165) is 17.5 Å². The first-order chi connectivity index (χ1) is 8.14. The Morgan fingerprint density at radius 2 is 1.83 bits per heavy atom. The van der Waals surface area contributed by atoms with E-state index < -0.39 is 25.1 Å². The standard InChI is InChI=1S/C7H7F6N3OS/c8-6(9,10)4(7(11,12)13)17-2-3-1-15-5(16-14)18-3/h1,4H,2,14H2,(H,15,16). The molecule has 0 spiro atoms. The van der Waals surface area contributed by atoms with Gasteiger partial charge in [0, 0.05) is 6.20 Å². The SMILES string of the molecule is NNc1ncc(COC(C(F)(F)F)C(F)(F)F)s1. The molecule has 0 atom stereocenters. The number of anilines is 1. The van der Waals surface area contributed by atoms with Gasteiger partial charge in [0.05, 0.1) is 11.5 Å². The number of nitrogen functional groups attached to an aromatic ring is 1. The van der Waals surface area contributed by atoms with Crippen LogP contribution in [-0.4, -0.2) is 23.4 Å². The van der Waals surface area contributed by atoms with Crippen molar-refractivity contribution in [3.63, 3.8) is 0 Å². The van der Waals surface area contributed by atoms with Crippen molar-refractivity contribution in [2.45, 2.75) is 25.1 Å². The minimum atomic E-state index is -5.52. The Morgan fingerprint density at radius 1 is 1.28 bits per heavy atom. The van der Waals surface area contributed by atoms with E-state index >= 15 is 0 Å². The number of hydrazine groups is 1. The molecule has 1 aromatic rings. The molecule has 4 nitrogen and oxygen atoms in total. The predicted octanol–water partition coefficient (Wildman–Crippen LogP) is 2.44. The van der Waals surface area contributed by atoms with E-state index in [-0.39, 0.29) is 10.0 Å². The van der Waals surface area contributed by atoms with Crippen LogP contribution in [0.4, 0.5) is 31.5 Å². The molecule has 0 radical (unpaired) electrons. The second kappa shape index (κ2) is 5.28. The second-order valence-corrected chi connectivity index (χ2v) is 4.17. The molecule has 0 aliphatic rings. The van der Waals surface area contributed by atoms with Crippen LogP contribution in [0.1, 0.15) is 4.88 Å². The summed E-state index contributed by atoms with van der Waals surface area (Å²) in [5, 5.41) is 0.157. The van der Waals surface area contributed by atoms with Crippen molar-refractivity contribution in [1.82, 2.24) is 4.98 Å². The third-order valence-corrected chi connectivity index (χ3v) is 2.57. The third-order valence-electron chi connectivity index (χ3n) is 1.66. The monoisotopic (exact) mass is 295 g/mol. The number of nitrogens with zero attached hydrogens (tertiary/aromatic N) is 1. The van der Waals surface area contributed by atoms with Gasteiger partial charge in [0.1, 0.15) is 0 Å². The van der Waals surface area contributed by atoms with Crippen molar-refractivity contribution in [2.24, 2.45) is 5.84 Å². The number of hydrogen-bond acceptors (Lipinski definition) is 5. The van der Waals surface area contributed by atoms with Crippen LogP contribution >= 0.6 is 11.3 Å². The van der Waals surface area contributed by atoms with Gasteiger partial charge in [-0.05, 0) is 0 Å². The molecule has 0 aromatic carbocycles. The van der Waals surface area contributed by atoms with Gasteiger partial charge in [0.15, 0.2) is 5.13 Å². The molecule has 0 fully saturated rings. The number of rotatable bonds is 4. The quantitative estimate of drug-likeness (QED) is 0.509. The van der Waals surface area contributed by atoms with E-state index in [1.54, 1.807) is 0 Å². The average molecular weight is 295 g/mol. The summed E-state index contributed by atoms with van der Waals surface area (Å²) in [6.07, 6.45) is -13.8. The molecule has 1 rings (SSSR count). The van der Waals surface area contributed by atoms with Crippen LogP contribution in [0.25, 0.3) is 0 Å². The molecule has 11 heteroatoms. The molecule has 0 unspecified atom stereocenters. The highest BCUT2D eigenvalue weighted by atomic mass is 32.1. The maximum absolute atomic E-state index is 12.1. The van der Waals surface area contributed by atoms with Crippen molar-refractivity contribution in [3.05, 3.63) is 11.1 Å². The van der Waals surface area contributed by atoms with E-state index in [1.165, 1.54) is 0 Å². The molecular weight excluding hydrogens is 288 g/mol. The summed E-state index contributed by atoms with van der Waals surface area (Å²) in [7, 11) is 0. The summed E-state index contributed by atoms with van der Waals surface area (Å²) in [6, 6.07) is 0. The Morgan fingerprint density at radius 3 is 2.22 bits per heavy atom. The van der Waals surface area contributed by atoms with Crippen LogP contribution < -0.4 is 11.3 Å². The lowest BCUT2D eigenvalue weighted by atomic mass is 10.3. The van der Waals surface area contributed by atoms with Gasteiger partial charge in [-0.1, -0.05) is 11.3 Å². The van der Waals surface area contributed by atoms with Gasteiger partial charge in [-0.2, -0.15) is 26.3 Å². The van der Waals surface area contributed by atoms with E-state index in [9.17, 15) is 26.3 Å². The minimum Gasteiger partial charge on any atom is -0.355 e. The largest absolute Gasteiger partial charge is 0.423 e. The Kier molecular flexibility index (Phi) is 4.40. The molecule has 0 saturated heterocycles. The highest BCUT2D eigenvalue weighted by molar-refractivity contribution is 7.15. The highest BCUT2D eigenvalue weighted by Gasteiger charge is 2.57. The number of hydrogen-bond donors (Lipinski definition) is 2. The zero-order valence-corrected chi connectivity index (χ0v) is 9.29. The molecule has 0 amide bonds. The van der Waals surface area contributed by atoms with Gasteiger partial charge in [-0.25, -0.2) is 10.8 Å². The van der Waals surface area contributed by atoms with Gasteiger partial charge in [0.2, 0.25) is 6.10 Å². The second-order valence-electron chi connectivity index (χ2n) is 3.05.